The van der Waals surface area contributed by atoms with Crippen molar-refractivity contribution < 1.29 is 27.8 Å². The lowest BCUT2D eigenvalue weighted by atomic mass is 9.79. The molecule has 0 radical (unpaired) electrons. The third kappa shape index (κ3) is 6.20. The van der Waals surface area contributed by atoms with E-state index in [0.717, 1.165) is 31.2 Å². The van der Waals surface area contributed by atoms with Crippen LogP contribution in [0.25, 0.3) is 0 Å². The molecular weight excluding hydrogens is 456 g/mol. The van der Waals surface area contributed by atoms with Crippen LogP contribution in [0.5, 0.6) is 0 Å². The second kappa shape index (κ2) is 11.2. The molecule has 9 heteroatoms. The normalized spacial score (nSPS) is 20.7. The van der Waals surface area contributed by atoms with Crippen molar-refractivity contribution in [3.63, 3.8) is 0 Å². The van der Waals surface area contributed by atoms with E-state index in [0.29, 0.717) is 36.8 Å². The molecule has 0 bridgehead atoms. The van der Waals surface area contributed by atoms with Crippen LogP contribution in [0.15, 0.2) is 30.4 Å². The zero-order chi connectivity index (χ0) is 25.8. The summed E-state index contributed by atoms with van der Waals surface area (Å²) < 4.78 is 35.2. The highest BCUT2D eigenvalue weighted by atomic mass is 19.3. The Morgan fingerprint density at radius 1 is 1.23 bits per heavy atom. The minimum Gasteiger partial charge on any atom is -0.419 e. The number of hydrogen-bond acceptors (Lipinski definition) is 6. The van der Waals surface area contributed by atoms with Crippen molar-refractivity contribution in [2.75, 3.05) is 7.11 Å². The first kappa shape index (κ1) is 26.7. The predicted molar refractivity (Wildman–Crippen MR) is 128 cm³/mol. The van der Waals surface area contributed by atoms with Gasteiger partial charge in [-0.3, -0.25) is 20.4 Å². The number of rotatable bonds is 10. The SMILES string of the molecule is C=C(C[C@@H]1CCCC[C@H]1NC(=O)C1(OC)CC1)C(=O)c1cc(C(=N)OC(=N)C(F)F)ccc1CC. The van der Waals surface area contributed by atoms with Crippen molar-refractivity contribution in [2.45, 2.75) is 76.4 Å². The molecule has 0 saturated heterocycles. The van der Waals surface area contributed by atoms with Crippen molar-refractivity contribution in [3.05, 3.63) is 47.0 Å². The van der Waals surface area contributed by atoms with Crippen LogP contribution in [0.2, 0.25) is 0 Å². The molecule has 3 rings (SSSR count). The minimum absolute atomic E-state index is 0.0626. The Balaban J connectivity index is 1.72. The van der Waals surface area contributed by atoms with Crippen molar-refractivity contribution in [2.24, 2.45) is 5.92 Å². The maximum absolute atomic E-state index is 13.4. The molecule has 35 heavy (non-hydrogen) atoms. The summed E-state index contributed by atoms with van der Waals surface area (Å²) in [6.45, 7) is 5.92. The van der Waals surface area contributed by atoms with Crippen LogP contribution in [0.3, 0.4) is 0 Å². The van der Waals surface area contributed by atoms with Crippen LogP contribution in [0.4, 0.5) is 8.78 Å². The van der Waals surface area contributed by atoms with E-state index in [4.69, 9.17) is 15.6 Å². The summed E-state index contributed by atoms with van der Waals surface area (Å²) in [5.74, 6) is -2.26. The van der Waals surface area contributed by atoms with Crippen LogP contribution in [0, 0.1) is 16.7 Å². The summed E-state index contributed by atoms with van der Waals surface area (Å²) in [6.07, 6.45) is 2.97. The first-order chi connectivity index (χ1) is 16.6. The molecule has 1 aromatic carbocycles. The Morgan fingerprint density at radius 3 is 2.51 bits per heavy atom. The van der Waals surface area contributed by atoms with E-state index < -0.39 is 23.8 Å². The summed E-state index contributed by atoms with van der Waals surface area (Å²) in [4.78, 5) is 26.1. The second-order valence-corrected chi connectivity index (χ2v) is 9.28. The predicted octanol–water partition coefficient (Wildman–Crippen LogP) is 4.82. The molecule has 2 atom stereocenters. The third-order valence-corrected chi connectivity index (χ3v) is 6.97. The van der Waals surface area contributed by atoms with Gasteiger partial charge < -0.3 is 14.8 Å². The average molecular weight is 490 g/mol. The van der Waals surface area contributed by atoms with Gasteiger partial charge in [0.25, 0.3) is 11.8 Å². The van der Waals surface area contributed by atoms with E-state index in [2.05, 4.69) is 16.6 Å². The monoisotopic (exact) mass is 489 g/mol. The van der Waals surface area contributed by atoms with Crippen LogP contribution < -0.4 is 5.32 Å². The van der Waals surface area contributed by atoms with Gasteiger partial charge in [-0.1, -0.05) is 32.4 Å². The molecule has 0 spiro atoms. The van der Waals surface area contributed by atoms with E-state index in [1.165, 1.54) is 12.1 Å². The number of methoxy groups -OCH3 is 1. The highest BCUT2D eigenvalue weighted by Gasteiger charge is 2.51. The molecule has 1 aromatic rings. The zero-order valence-corrected chi connectivity index (χ0v) is 20.2. The number of benzene rings is 1. The van der Waals surface area contributed by atoms with Gasteiger partial charge in [0.2, 0.25) is 5.90 Å². The van der Waals surface area contributed by atoms with Crippen molar-refractivity contribution in [3.8, 4) is 0 Å². The largest absolute Gasteiger partial charge is 0.419 e. The molecule has 0 unspecified atom stereocenters. The maximum atomic E-state index is 13.4. The van der Waals surface area contributed by atoms with Gasteiger partial charge in [-0.2, -0.15) is 8.78 Å². The van der Waals surface area contributed by atoms with Gasteiger partial charge in [0.15, 0.2) is 5.78 Å². The number of alkyl halides is 2. The average Bonchev–Trinajstić information content (AvgIpc) is 3.65. The molecule has 7 nitrogen and oxygen atoms in total. The highest BCUT2D eigenvalue weighted by molar-refractivity contribution is 6.11. The summed E-state index contributed by atoms with van der Waals surface area (Å²) >= 11 is 0. The van der Waals surface area contributed by atoms with Crippen LogP contribution in [0.1, 0.15) is 73.4 Å². The second-order valence-electron chi connectivity index (χ2n) is 9.28. The number of ether oxygens (including phenoxy) is 2. The van der Waals surface area contributed by atoms with E-state index in [1.54, 1.807) is 13.2 Å². The number of ketones is 1. The van der Waals surface area contributed by atoms with Gasteiger partial charge in [0.1, 0.15) is 5.60 Å². The number of carbonyl (C=O) groups is 2. The molecule has 3 N–H and O–H groups in total. The number of allylic oxidation sites excluding steroid dienone is 1. The quantitative estimate of drug-likeness (QED) is 0.189. The molecule has 1 amide bonds. The molecule has 0 aliphatic heterocycles. The fraction of sp³-hybridized carbons (Fsp3) is 0.538. The maximum Gasteiger partial charge on any atom is 0.312 e. The molecule has 2 saturated carbocycles. The van der Waals surface area contributed by atoms with Gasteiger partial charge in [-0.25, -0.2) is 0 Å². The van der Waals surface area contributed by atoms with Gasteiger partial charge in [-0.05, 0) is 67.7 Å². The summed E-state index contributed by atoms with van der Waals surface area (Å²) in [6, 6.07) is 4.54. The Kier molecular flexibility index (Phi) is 8.53. The molecule has 0 aromatic heterocycles. The first-order valence-corrected chi connectivity index (χ1v) is 12.0. The van der Waals surface area contributed by atoms with Crippen LogP contribution in [-0.2, 0) is 20.7 Å². The Bertz CT molecular complexity index is 1020. The minimum atomic E-state index is -3.13. The molecular formula is C26H33F2N3O4. The lowest BCUT2D eigenvalue weighted by molar-refractivity contribution is -0.134. The number of nitrogens with one attached hydrogen (secondary N) is 3. The van der Waals surface area contributed by atoms with E-state index in [1.807, 2.05) is 6.92 Å². The summed E-state index contributed by atoms with van der Waals surface area (Å²) in [7, 11) is 1.55. The Labute approximate surface area is 204 Å². The van der Waals surface area contributed by atoms with Gasteiger partial charge >= 0.3 is 6.43 Å². The van der Waals surface area contributed by atoms with Gasteiger partial charge in [-0.15, -0.1) is 0 Å². The van der Waals surface area contributed by atoms with Crippen LogP contribution in [-0.4, -0.2) is 48.7 Å². The molecule has 2 fully saturated rings. The van der Waals surface area contributed by atoms with Gasteiger partial charge in [0.05, 0.1) is 0 Å². The fourth-order valence-corrected chi connectivity index (χ4v) is 4.63. The number of aryl methyl sites for hydroxylation is 1. The number of halogens is 2. The van der Waals surface area contributed by atoms with Crippen molar-refractivity contribution in [1.82, 2.24) is 5.32 Å². The molecule has 0 heterocycles. The Hall–Kier alpha value is -2.94. The number of amides is 1. The fourth-order valence-electron chi connectivity index (χ4n) is 4.63. The van der Waals surface area contributed by atoms with Crippen LogP contribution >= 0.6 is 0 Å². The topological polar surface area (TPSA) is 112 Å². The van der Waals surface area contributed by atoms with E-state index in [9.17, 15) is 18.4 Å². The van der Waals surface area contributed by atoms with Crippen molar-refractivity contribution in [1.29, 1.82) is 10.8 Å². The smallest absolute Gasteiger partial charge is 0.312 e. The lowest BCUT2D eigenvalue weighted by Crippen LogP contribution is -2.48. The zero-order valence-electron chi connectivity index (χ0n) is 20.2. The first-order valence-electron chi connectivity index (χ1n) is 12.0. The summed E-state index contributed by atoms with van der Waals surface area (Å²) in [5, 5.41) is 18.2. The van der Waals surface area contributed by atoms with Crippen molar-refractivity contribution >= 4 is 23.5 Å². The van der Waals surface area contributed by atoms with E-state index in [-0.39, 0.29) is 29.2 Å². The lowest BCUT2D eigenvalue weighted by Gasteiger charge is -2.33. The number of hydrogen-bond donors (Lipinski definition) is 3. The third-order valence-electron chi connectivity index (χ3n) is 6.97. The molecule has 190 valence electrons. The highest BCUT2D eigenvalue weighted by Crippen LogP contribution is 2.40. The molecule has 2 aliphatic carbocycles. The van der Waals surface area contributed by atoms with Gasteiger partial charge in [0, 0.05) is 24.3 Å². The summed E-state index contributed by atoms with van der Waals surface area (Å²) in [5.41, 5.74) is 0.878. The molecule has 2 aliphatic rings. The number of carbonyl (C=O) groups excluding carboxylic acids is 2. The standard InChI is InChI=1S/C26H33F2N3O4/c1-4-16-9-10-18(23(29)35-24(30)22(27)28)14-19(16)21(32)15(2)13-17-7-5-6-8-20(17)31-25(33)26(34-3)11-12-26/h9-10,14,17,20,22,29-30H,2,4-8,11-13H2,1,3H3,(H,31,33)/t17-,20+/m0/s1. The number of Topliss-reactive ketones (excluding diaryl/α,β-unsaturated/α-hetero) is 1. The Morgan fingerprint density at radius 2 is 1.91 bits per heavy atom. The van der Waals surface area contributed by atoms with E-state index >= 15 is 0 Å².